The van der Waals surface area contributed by atoms with Gasteiger partial charge in [0.25, 0.3) is 5.91 Å². The number of amides is 1. The fourth-order valence-corrected chi connectivity index (χ4v) is 1.87. The highest BCUT2D eigenvalue weighted by molar-refractivity contribution is 5.85. The molecule has 0 saturated carbocycles. The van der Waals surface area contributed by atoms with E-state index in [4.69, 9.17) is 0 Å². The molecule has 1 amide bonds. The van der Waals surface area contributed by atoms with Crippen LogP contribution in [0.15, 0.2) is 36.4 Å². The molecule has 1 rings (SSSR count). The van der Waals surface area contributed by atoms with E-state index < -0.39 is 11.5 Å². The monoisotopic (exact) mass is 276 g/mol. The van der Waals surface area contributed by atoms with Crippen LogP contribution in [0, 0.1) is 0 Å². The molecule has 110 valence electrons. The summed E-state index contributed by atoms with van der Waals surface area (Å²) in [6.07, 6.45) is 3.61. The lowest BCUT2D eigenvalue weighted by Crippen LogP contribution is -2.50. The first kappa shape index (κ1) is 16.2. The number of hydrazine groups is 1. The number of hydrogen-bond donors (Lipinski definition) is 3. The van der Waals surface area contributed by atoms with Gasteiger partial charge in [-0.15, -0.1) is 0 Å². The predicted molar refractivity (Wildman–Crippen MR) is 81.5 cm³/mol. The van der Waals surface area contributed by atoms with Crippen LogP contribution >= 0.6 is 0 Å². The van der Waals surface area contributed by atoms with Gasteiger partial charge in [-0.1, -0.05) is 57.2 Å². The molecule has 0 spiro atoms. The van der Waals surface area contributed by atoms with Crippen molar-refractivity contribution in [3.05, 3.63) is 42.0 Å². The van der Waals surface area contributed by atoms with E-state index in [1.54, 1.807) is 13.8 Å². The first-order valence-corrected chi connectivity index (χ1v) is 7.11. The summed E-state index contributed by atoms with van der Waals surface area (Å²) in [7, 11) is 0. The van der Waals surface area contributed by atoms with Crippen molar-refractivity contribution in [2.75, 3.05) is 0 Å². The number of hydrogen-bond acceptors (Lipinski definition) is 3. The summed E-state index contributed by atoms with van der Waals surface area (Å²) in [6.45, 7) is 5.62. The zero-order valence-electron chi connectivity index (χ0n) is 12.4. The normalized spacial score (nSPS) is 12.1. The Balaban J connectivity index is 2.75. The van der Waals surface area contributed by atoms with Crippen LogP contribution in [0.4, 0.5) is 0 Å². The maximum atomic E-state index is 12.0. The molecule has 1 aromatic carbocycles. The van der Waals surface area contributed by atoms with Crippen molar-refractivity contribution in [3.8, 4) is 0 Å². The molecule has 0 fully saturated rings. The number of nitrogens with one attached hydrogen (secondary N) is 2. The summed E-state index contributed by atoms with van der Waals surface area (Å²) in [5.74, 6) is -0.402. The van der Waals surface area contributed by atoms with E-state index in [1.807, 2.05) is 43.3 Å². The van der Waals surface area contributed by atoms with Crippen LogP contribution in [0.5, 0.6) is 0 Å². The molecule has 20 heavy (non-hydrogen) atoms. The van der Waals surface area contributed by atoms with Crippen LogP contribution in [0.1, 0.15) is 45.6 Å². The molecule has 4 nitrogen and oxygen atoms in total. The summed E-state index contributed by atoms with van der Waals surface area (Å²) in [6, 6.07) is 9.76. The first-order chi connectivity index (χ1) is 9.57. The van der Waals surface area contributed by atoms with Gasteiger partial charge in [0, 0.05) is 0 Å². The maximum absolute atomic E-state index is 12.0. The van der Waals surface area contributed by atoms with Crippen molar-refractivity contribution < 1.29 is 9.90 Å². The van der Waals surface area contributed by atoms with Crippen molar-refractivity contribution in [2.45, 2.75) is 45.6 Å². The second kappa shape index (κ2) is 7.70. The molecule has 1 aromatic rings. The van der Waals surface area contributed by atoms with Crippen molar-refractivity contribution in [1.29, 1.82) is 0 Å². The Kier molecular flexibility index (Phi) is 6.25. The van der Waals surface area contributed by atoms with Gasteiger partial charge in [-0.3, -0.25) is 15.6 Å². The fraction of sp³-hybridized carbons (Fsp3) is 0.438. The van der Waals surface area contributed by atoms with E-state index in [1.165, 1.54) is 0 Å². The van der Waals surface area contributed by atoms with Crippen molar-refractivity contribution in [3.63, 3.8) is 0 Å². The Morgan fingerprint density at radius 3 is 2.25 bits per heavy atom. The third kappa shape index (κ3) is 4.10. The van der Waals surface area contributed by atoms with Gasteiger partial charge in [-0.25, -0.2) is 0 Å². The highest BCUT2D eigenvalue weighted by Gasteiger charge is 2.31. The molecule has 0 atom stereocenters. The second-order valence-electron chi connectivity index (χ2n) is 4.71. The molecule has 0 heterocycles. The zero-order chi connectivity index (χ0) is 15.0. The molecule has 4 heteroatoms. The molecule has 0 bridgehead atoms. The van der Waals surface area contributed by atoms with E-state index in [0.717, 1.165) is 17.7 Å². The van der Waals surface area contributed by atoms with Crippen molar-refractivity contribution >= 4 is 11.6 Å². The minimum absolute atomic E-state index is 0.384. The van der Waals surface area contributed by atoms with E-state index in [0.29, 0.717) is 12.8 Å². The van der Waals surface area contributed by atoms with Gasteiger partial charge in [-0.2, -0.15) is 0 Å². The quantitative estimate of drug-likeness (QED) is 0.671. The topological polar surface area (TPSA) is 61.4 Å². The average molecular weight is 276 g/mol. The minimum atomic E-state index is -1.32. The Bertz CT molecular complexity index is 451. The Hall–Kier alpha value is -1.81. The summed E-state index contributed by atoms with van der Waals surface area (Å²) >= 11 is 0. The van der Waals surface area contributed by atoms with Gasteiger partial charge in [0.1, 0.15) is 5.60 Å². The van der Waals surface area contributed by atoms with Crippen LogP contribution in [0.3, 0.4) is 0 Å². The molecular formula is C16H24N2O2. The van der Waals surface area contributed by atoms with Crippen molar-refractivity contribution in [2.24, 2.45) is 0 Å². The molecule has 0 aliphatic rings. The number of rotatable bonds is 7. The third-order valence-corrected chi connectivity index (χ3v) is 3.40. The van der Waals surface area contributed by atoms with Gasteiger partial charge in [0.05, 0.1) is 5.70 Å². The molecule has 3 N–H and O–H groups in total. The minimum Gasteiger partial charge on any atom is -0.380 e. The number of allylic oxidation sites excluding steroid dienone is 1. The van der Waals surface area contributed by atoms with Crippen LogP contribution in [-0.2, 0) is 4.79 Å². The number of carbonyl (C=O) groups excluding carboxylic acids is 1. The number of benzene rings is 1. The third-order valence-electron chi connectivity index (χ3n) is 3.40. The van der Waals surface area contributed by atoms with Crippen LogP contribution in [0.25, 0.3) is 5.70 Å². The molecule has 0 aromatic heterocycles. The number of carbonyl (C=O) groups is 1. The molecule has 0 aliphatic heterocycles. The smallest absolute Gasteiger partial charge is 0.270 e. The Labute approximate surface area is 120 Å². The standard InChI is InChI=1S/C16H24N2O2/c1-4-10-14(13-11-8-7-9-12-13)17-18-15(19)16(20,5-2)6-3/h7-12,17,20H,4-6H2,1-3H3,(H,18,19)/b14-10-. The van der Waals surface area contributed by atoms with E-state index in [-0.39, 0.29) is 0 Å². The maximum Gasteiger partial charge on any atom is 0.270 e. The largest absolute Gasteiger partial charge is 0.380 e. The van der Waals surface area contributed by atoms with Crippen LogP contribution < -0.4 is 10.9 Å². The molecule has 0 aliphatic carbocycles. The van der Waals surface area contributed by atoms with Crippen molar-refractivity contribution in [1.82, 2.24) is 10.9 Å². The van der Waals surface area contributed by atoms with Gasteiger partial charge < -0.3 is 5.11 Å². The molecular weight excluding hydrogens is 252 g/mol. The fourth-order valence-electron chi connectivity index (χ4n) is 1.87. The highest BCUT2D eigenvalue weighted by Crippen LogP contribution is 2.15. The average Bonchev–Trinajstić information content (AvgIpc) is 2.51. The summed E-state index contributed by atoms with van der Waals surface area (Å²) in [5, 5.41) is 10.1. The van der Waals surface area contributed by atoms with Gasteiger partial charge in [-0.05, 0) is 24.8 Å². The van der Waals surface area contributed by atoms with E-state index in [9.17, 15) is 9.90 Å². The molecule has 0 radical (unpaired) electrons. The summed E-state index contributed by atoms with van der Waals surface area (Å²) in [5.41, 5.74) is 6.02. The highest BCUT2D eigenvalue weighted by atomic mass is 16.3. The molecule has 0 unspecified atom stereocenters. The summed E-state index contributed by atoms with van der Waals surface area (Å²) < 4.78 is 0. The lowest BCUT2D eigenvalue weighted by Gasteiger charge is -2.24. The van der Waals surface area contributed by atoms with Gasteiger partial charge >= 0.3 is 0 Å². The lowest BCUT2D eigenvalue weighted by atomic mass is 9.97. The predicted octanol–water partition coefficient (Wildman–Crippen LogP) is 2.61. The van der Waals surface area contributed by atoms with Gasteiger partial charge in [0.15, 0.2) is 0 Å². The van der Waals surface area contributed by atoms with E-state index in [2.05, 4.69) is 10.9 Å². The van der Waals surface area contributed by atoms with Crippen LogP contribution in [-0.4, -0.2) is 16.6 Å². The van der Waals surface area contributed by atoms with E-state index >= 15 is 0 Å². The van der Waals surface area contributed by atoms with Gasteiger partial charge in [0.2, 0.25) is 0 Å². The van der Waals surface area contributed by atoms with Crippen LogP contribution in [0.2, 0.25) is 0 Å². The Morgan fingerprint density at radius 2 is 1.75 bits per heavy atom. The SMILES string of the molecule is CC/C=C(\NNC(=O)C(O)(CC)CC)c1ccccc1. The second-order valence-corrected chi connectivity index (χ2v) is 4.71. The zero-order valence-corrected chi connectivity index (χ0v) is 12.4. The number of aliphatic hydroxyl groups is 1. The summed E-state index contributed by atoms with van der Waals surface area (Å²) in [4.78, 5) is 12.0. The first-order valence-electron chi connectivity index (χ1n) is 7.11. The lowest BCUT2D eigenvalue weighted by molar-refractivity contribution is -0.141. The molecule has 0 saturated heterocycles. The Morgan fingerprint density at radius 1 is 1.15 bits per heavy atom.